The van der Waals surface area contributed by atoms with Crippen molar-refractivity contribution in [2.75, 3.05) is 10.7 Å². The zero-order chi connectivity index (χ0) is 25.0. The van der Waals surface area contributed by atoms with Crippen LogP contribution in [-0.4, -0.2) is 38.1 Å². The van der Waals surface area contributed by atoms with Crippen LogP contribution >= 0.6 is 24.0 Å². The summed E-state index contributed by atoms with van der Waals surface area (Å²) in [6.45, 7) is -0.149. The van der Waals surface area contributed by atoms with Crippen LogP contribution in [0.15, 0.2) is 41.3 Å². The molecule has 2 aromatic rings. The van der Waals surface area contributed by atoms with Crippen LogP contribution in [0.1, 0.15) is 28.8 Å². The van der Waals surface area contributed by atoms with Crippen molar-refractivity contribution >= 4 is 51.2 Å². The number of ketones is 1. The zero-order valence-electron chi connectivity index (χ0n) is 17.9. The van der Waals surface area contributed by atoms with E-state index in [1.54, 1.807) is 24.3 Å². The summed E-state index contributed by atoms with van der Waals surface area (Å²) in [6, 6.07) is 6.42. The minimum absolute atomic E-state index is 0. The number of alkyl halides is 3. The molecule has 1 amide bonds. The van der Waals surface area contributed by atoms with Crippen LogP contribution in [0.5, 0.6) is 0 Å². The van der Waals surface area contributed by atoms with Crippen molar-refractivity contribution in [3.8, 4) is 0 Å². The molecule has 2 aliphatic rings. The van der Waals surface area contributed by atoms with Crippen molar-refractivity contribution in [2.24, 2.45) is 17.6 Å². The lowest BCUT2D eigenvalue weighted by Gasteiger charge is -2.25. The smallest absolute Gasteiger partial charge is 0.319 e. The van der Waals surface area contributed by atoms with Gasteiger partial charge in [0.25, 0.3) is 0 Å². The van der Waals surface area contributed by atoms with E-state index in [1.807, 2.05) is 0 Å². The Morgan fingerprint density at radius 3 is 2.37 bits per heavy atom. The fraction of sp³-hybridized carbons (Fsp3) is 0.364. The fourth-order valence-corrected chi connectivity index (χ4v) is 5.78. The van der Waals surface area contributed by atoms with E-state index in [-0.39, 0.29) is 31.1 Å². The number of carbonyl (C=O) groups is 2. The number of amides is 1. The predicted molar refractivity (Wildman–Crippen MR) is 123 cm³/mol. The van der Waals surface area contributed by atoms with Gasteiger partial charge in [0.2, 0.25) is 5.91 Å². The molecule has 190 valence electrons. The van der Waals surface area contributed by atoms with Crippen LogP contribution in [0.3, 0.4) is 0 Å². The molecule has 4 rings (SSSR count). The predicted octanol–water partition coefficient (Wildman–Crippen LogP) is 4.32. The molecule has 0 bridgehead atoms. The van der Waals surface area contributed by atoms with Crippen LogP contribution in [-0.2, 0) is 21.2 Å². The number of fused-ring (bicyclic) bond motifs is 1. The van der Waals surface area contributed by atoms with Crippen LogP contribution in [0.4, 0.5) is 23.2 Å². The lowest BCUT2D eigenvalue weighted by Crippen LogP contribution is -2.45. The molecule has 6 nitrogen and oxygen atoms in total. The molecule has 13 heteroatoms. The molecule has 1 aliphatic carbocycles. The molecule has 0 radical (unpaired) electrons. The van der Waals surface area contributed by atoms with Gasteiger partial charge in [-0.15, -0.1) is 12.4 Å². The number of nitrogens with zero attached hydrogens (tertiary/aromatic N) is 1. The van der Waals surface area contributed by atoms with E-state index in [9.17, 15) is 35.6 Å². The summed E-state index contributed by atoms with van der Waals surface area (Å²) < 4.78 is 78.9. The number of anilines is 1. The highest BCUT2D eigenvalue weighted by Crippen LogP contribution is 2.52. The second-order valence-corrected chi connectivity index (χ2v) is 10.9. The van der Waals surface area contributed by atoms with Crippen LogP contribution in [0.2, 0.25) is 5.02 Å². The number of hydrogen-bond acceptors (Lipinski definition) is 5. The molecule has 3 atom stereocenters. The van der Waals surface area contributed by atoms with Gasteiger partial charge in [-0.3, -0.25) is 9.59 Å². The van der Waals surface area contributed by atoms with E-state index in [0.29, 0.717) is 16.7 Å². The Morgan fingerprint density at radius 1 is 1.17 bits per heavy atom. The quantitative estimate of drug-likeness (QED) is 0.438. The normalized spacial score (nSPS) is 23.2. The Hall–Kier alpha value is -2.21. The molecule has 0 spiro atoms. The number of halogens is 6. The van der Waals surface area contributed by atoms with E-state index in [0.717, 1.165) is 11.0 Å². The van der Waals surface area contributed by atoms with Gasteiger partial charge in [-0.05, 0) is 42.2 Å². The molecule has 2 aromatic carbocycles. The summed E-state index contributed by atoms with van der Waals surface area (Å²) >= 11 is 5.88. The molecule has 2 N–H and O–H groups in total. The number of benzene rings is 2. The van der Waals surface area contributed by atoms with Crippen molar-refractivity contribution in [1.82, 2.24) is 0 Å². The Balaban J connectivity index is 0.00000342. The number of nitrogens with two attached hydrogens (primary N) is 1. The zero-order valence-corrected chi connectivity index (χ0v) is 20.3. The molecular weight excluding hydrogens is 535 g/mol. The Labute approximate surface area is 209 Å². The molecular formula is C22H20Cl2F4N2O4S. The van der Waals surface area contributed by atoms with Gasteiger partial charge < -0.3 is 10.6 Å². The summed E-state index contributed by atoms with van der Waals surface area (Å²) in [5.41, 5.74) is 5.54. The van der Waals surface area contributed by atoms with Gasteiger partial charge in [0.1, 0.15) is 5.82 Å². The van der Waals surface area contributed by atoms with Crippen molar-refractivity contribution in [3.63, 3.8) is 0 Å². The van der Waals surface area contributed by atoms with Gasteiger partial charge in [-0.1, -0.05) is 23.7 Å². The molecule has 2 unspecified atom stereocenters. The maximum Gasteiger partial charge on any atom is 0.392 e. The lowest BCUT2D eigenvalue weighted by atomic mass is 10.0. The molecule has 1 saturated carbocycles. The highest BCUT2D eigenvalue weighted by molar-refractivity contribution is 7.91. The van der Waals surface area contributed by atoms with Crippen LogP contribution < -0.4 is 10.6 Å². The monoisotopic (exact) mass is 554 g/mol. The summed E-state index contributed by atoms with van der Waals surface area (Å²) in [5, 5.41) is 0.429. The summed E-state index contributed by atoms with van der Waals surface area (Å²) in [6.07, 6.45) is -5.22. The summed E-state index contributed by atoms with van der Waals surface area (Å²) in [7, 11) is -4.21. The van der Waals surface area contributed by atoms with Gasteiger partial charge in [-0.2, -0.15) is 13.2 Å². The van der Waals surface area contributed by atoms with E-state index in [1.165, 1.54) is 0 Å². The second kappa shape index (κ2) is 9.68. The van der Waals surface area contributed by atoms with Crippen molar-refractivity contribution in [2.45, 2.75) is 36.5 Å². The first-order valence-electron chi connectivity index (χ1n) is 10.3. The molecule has 0 saturated heterocycles. The number of hydrogen-bond donors (Lipinski definition) is 1. The maximum atomic E-state index is 14.8. The van der Waals surface area contributed by atoms with Gasteiger partial charge in [0.15, 0.2) is 15.6 Å². The first-order chi connectivity index (χ1) is 15.8. The van der Waals surface area contributed by atoms with Gasteiger partial charge in [0, 0.05) is 11.4 Å². The van der Waals surface area contributed by atoms with E-state index in [2.05, 4.69) is 0 Å². The topological polar surface area (TPSA) is 97.5 Å². The highest BCUT2D eigenvalue weighted by atomic mass is 35.5. The average molecular weight is 555 g/mol. The molecule has 1 aliphatic heterocycles. The SMILES string of the molecule is Cl.N[C@H]1CS(=O)(=O)c2cc(F)c(C(=O)CC3CC3C(F)(F)F)cc2N(Cc2ccc(Cl)cc2)C1=O. The maximum absolute atomic E-state index is 14.8. The van der Waals surface area contributed by atoms with Crippen molar-refractivity contribution in [3.05, 3.63) is 58.4 Å². The molecule has 1 fully saturated rings. The van der Waals surface area contributed by atoms with Crippen LogP contribution in [0, 0.1) is 17.7 Å². The summed E-state index contributed by atoms with van der Waals surface area (Å²) in [5.74, 6) is -6.20. The molecule has 0 aromatic heterocycles. The number of sulfone groups is 1. The number of Topliss-reactive ketones (excluding diaryl/α,β-unsaturated/α-hetero) is 1. The number of rotatable bonds is 5. The van der Waals surface area contributed by atoms with Gasteiger partial charge in [0.05, 0.1) is 40.4 Å². The van der Waals surface area contributed by atoms with E-state index >= 15 is 0 Å². The van der Waals surface area contributed by atoms with E-state index in [4.69, 9.17) is 17.3 Å². The Morgan fingerprint density at radius 2 is 1.80 bits per heavy atom. The summed E-state index contributed by atoms with van der Waals surface area (Å²) in [4.78, 5) is 26.2. The fourth-order valence-electron chi connectivity index (χ4n) is 4.09. The van der Waals surface area contributed by atoms with Gasteiger partial charge >= 0.3 is 6.18 Å². The van der Waals surface area contributed by atoms with E-state index < -0.39 is 74.0 Å². The Kier molecular flexibility index (Phi) is 7.57. The Bertz CT molecular complexity index is 1270. The minimum atomic E-state index is -4.44. The highest BCUT2D eigenvalue weighted by Gasteiger charge is 2.56. The first-order valence-corrected chi connectivity index (χ1v) is 12.3. The number of carbonyl (C=O) groups excluding carboxylic acids is 2. The van der Waals surface area contributed by atoms with Gasteiger partial charge in [-0.25, -0.2) is 12.8 Å². The molecule has 1 heterocycles. The largest absolute Gasteiger partial charge is 0.392 e. The van der Waals surface area contributed by atoms with Crippen LogP contribution in [0.25, 0.3) is 0 Å². The van der Waals surface area contributed by atoms with Crippen molar-refractivity contribution < 1.29 is 35.6 Å². The average Bonchev–Trinajstić information content (AvgIpc) is 3.52. The van der Waals surface area contributed by atoms with Crippen molar-refractivity contribution in [1.29, 1.82) is 0 Å². The molecule has 35 heavy (non-hydrogen) atoms. The second-order valence-electron chi connectivity index (χ2n) is 8.51. The standard InChI is InChI=1S/C22H19ClF4N2O4S.ClH/c23-13-3-1-11(2-4-13)9-29-18-7-14(19(30)6-12-5-15(12)22(25,26)27)16(24)8-20(18)34(32,33)10-17(28)21(29)31;/h1-4,7-8,12,15,17H,5-6,9-10,28H2;1H/t12?,15?,17-;/m0./s1. The lowest BCUT2D eigenvalue weighted by molar-refractivity contribution is -0.150. The third kappa shape index (κ3) is 5.63. The first kappa shape index (κ1) is 27.4. The minimum Gasteiger partial charge on any atom is -0.319 e. The third-order valence-corrected chi connectivity index (χ3v) is 8.05. The third-order valence-electron chi connectivity index (χ3n) is 6.00.